The van der Waals surface area contributed by atoms with Gasteiger partial charge in [-0.2, -0.15) is 4.98 Å². The Labute approximate surface area is 199 Å². The van der Waals surface area contributed by atoms with E-state index in [-0.39, 0.29) is 6.79 Å². The summed E-state index contributed by atoms with van der Waals surface area (Å²) in [6, 6.07) is 21.5. The van der Waals surface area contributed by atoms with E-state index in [1.54, 1.807) is 6.07 Å². The number of fused-ring (bicyclic) bond motifs is 4. The summed E-state index contributed by atoms with van der Waals surface area (Å²) in [6.07, 6.45) is -0.613. The molecule has 164 valence electrons. The molecule has 0 spiro atoms. The molecule has 1 N–H and O–H groups in total. The lowest BCUT2D eigenvalue weighted by molar-refractivity contribution is 0.173. The first kappa shape index (κ1) is 20.1. The first-order valence-corrected chi connectivity index (χ1v) is 11.6. The Morgan fingerprint density at radius 2 is 1.76 bits per heavy atom. The van der Waals surface area contributed by atoms with Gasteiger partial charge in [0.25, 0.3) is 0 Å². The number of para-hydroxylation sites is 1. The van der Waals surface area contributed by atoms with Gasteiger partial charge in [0.2, 0.25) is 17.8 Å². The van der Waals surface area contributed by atoms with Crippen molar-refractivity contribution < 1.29 is 14.2 Å². The van der Waals surface area contributed by atoms with Gasteiger partial charge < -0.3 is 19.5 Å². The van der Waals surface area contributed by atoms with Crippen molar-refractivity contribution in [1.29, 1.82) is 0 Å². The molecule has 0 fully saturated rings. The van der Waals surface area contributed by atoms with Crippen LogP contribution in [0.5, 0.6) is 17.4 Å². The second-order valence-electron chi connectivity index (χ2n) is 7.44. The van der Waals surface area contributed by atoms with E-state index in [9.17, 15) is 0 Å². The van der Waals surface area contributed by atoms with E-state index >= 15 is 0 Å². The molecule has 4 aromatic rings. The van der Waals surface area contributed by atoms with Crippen LogP contribution in [-0.4, -0.2) is 22.0 Å². The van der Waals surface area contributed by atoms with E-state index in [4.69, 9.17) is 30.8 Å². The lowest BCUT2D eigenvalue weighted by Gasteiger charge is -2.20. The fourth-order valence-electron chi connectivity index (χ4n) is 3.71. The molecule has 1 aromatic heterocycles. The van der Waals surface area contributed by atoms with Crippen LogP contribution in [0.4, 0.5) is 5.69 Å². The molecule has 9 heteroatoms. The van der Waals surface area contributed by atoms with Crippen LogP contribution in [0.15, 0.2) is 71.9 Å². The number of thioether (sulfide) groups is 1. The molecule has 2 aliphatic rings. The monoisotopic (exact) mass is 476 g/mol. The fourth-order valence-corrected chi connectivity index (χ4v) is 4.69. The van der Waals surface area contributed by atoms with Gasteiger partial charge in [0.05, 0.1) is 5.02 Å². The molecule has 0 bridgehead atoms. The average Bonchev–Trinajstić information content (AvgIpc) is 3.23. The van der Waals surface area contributed by atoms with Crippen molar-refractivity contribution in [3.05, 3.63) is 82.9 Å². The highest BCUT2D eigenvalue weighted by molar-refractivity contribution is 7.98. The summed E-state index contributed by atoms with van der Waals surface area (Å²) in [7, 11) is 0. The summed E-state index contributed by atoms with van der Waals surface area (Å²) in [5, 5.41) is 13.3. The maximum absolute atomic E-state index is 6.59. The number of hydrogen-bond donors (Lipinski definition) is 1. The molecule has 33 heavy (non-hydrogen) atoms. The molecule has 2 aliphatic heterocycles. The topological polar surface area (TPSA) is 78.4 Å². The van der Waals surface area contributed by atoms with E-state index in [1.807, 2.05) is 48.5 Å². The number of nitrogens with zero attached hydrogens (tertiary/aromatic N) is 3. The van der Waals surface area contributed by atoms with Crippen LogP contribution in [0.1, 0.15) is 17.4 Å². The van der Waals surface area contributed by atoms with Crippen molar-refractivity contribution in [2.45, 2.75) is 17.1 Å². The number of halogens is 1. The predicted octanol–water partition coefficient (Wildman–Crippen LogP) is 5.72. The summed E-state index contributed by atoms with van der Waals surface area (Å²) >= 11 is 8.09. The molecule has 0 amide bonds. The van der Waals surface area contributed by atoms with Crippen LogP contribution in [0.2, 0.25) is 5.02 Å². The van der Waals surface area contributed by atoms with Gasteiger partial charge in [-0.3, -0.25) is 0 Å². The first-order chi connectivity index (χ1) is 16.2. The zero-order valence-corrected chi connectivity index (χ0v) is 18.8. The molecule has 0 unspecified atom stereocenters. The molecular weight excluding hydrogens is 460 g/mol. The molecule has 1 atom stereocenters. The summed E-state index contributed by atoms with van der Waals surface area (Å²) in [5.41, 5.74) is 4.16. The van der Waals surface area contributed by atoms with Crippen molar-refractivity contribution in [2.24, 2.45) is 0 Å². The number of nitrogens with one attached hydrogen (secondary N) is 1. The Bertz CT molecular complexity index is 1340. The summed E-state index contributed by atoms with van der Waals surface area (Å²) in [5.74, 6) is 2.35. The maximum Gasteiger partial charge on any atom is 0.247 e. The Morgan fingerprint density at radius 3 is 2.64 bits per heavy atom. The minimum absolute atomic E-state index is 0.166. The van der Waals surface area contributed by atoms with Gasteiger partial charge in [0.15, 0.2) is 23.4 Å². The molecule has 0 saturated heterocycles. The van der Waals surface area contributed by atoms with Crippen molar-refractivity contribution in [2.75, 3.05) is 12.1 Å². The maximum atomic E-state index is 6.59. The van der Waals surface area contributed by atoms with Gasteiger partial charge in [0.1, 0.15) is 0 Å². The molecule has 0 radical (unpaired) electrons. The summed E-state index contributed by atoms with van der Waals surface area (Å²) in [4.78, 5) is 4.69. The number of anilines is 1. The van der Waals surface area contributed by atoms with Gasteiger partial charge in [-0.15, -0.1) is 10.2 Å². The standard InChI is InChI=1S/C24H17ClN4O3S/c25-17-11-20-19(30-13-31-20)10-16(17)22-26-18-9-5-4-8-15(18)21-23(32-22)27-24(29-28-21)33-12-14-6-2-1-3-7-14/h1-11,22,26H,12-13H2/t22-/m0/s1. The number of ether oxygens (including phenoxy) is 3. The van der Waals surface area contributed by atoms with E-state index < -0.39 is 6.23 Å². The van der Waals surface area contributed by atoms with Gasteiger partial charge >= 0.3 is 0 Å². The van der Waals surface area contributed by atoms with E-state index in [0.29, 0.717) is 38.8 Å². The van der Waals surface area contributed by atoms with Crippen molar-refractivity contribution in [1.82, 2.24) is 15.2 Å². The normalized spacial score (nSPS) is 15.6. The Morgan fingerprint density at radius 1 is 0.970 bits per heavy atom. The molecule has 0 aliphatic carbocycles. The summed E-state index contributed by atoms with van der Waals surface area (Å²) in [6.45, 7) is 0.166. The highest BCUT2D eigenvalue weighted by atomic mass is 35.5. The zero-order valence-electron chi connectivity index (χ0n) is 17.2. The first-order valence-electron chi connectivity index (χ1n) is 10.3. The number of benzene rings is 3. The smallest absolute Gasteiger partial charge is 0.247 e. The lowest BCUT2D eigenvalue weighted by Crippen LogP contribution is -2.17. The van der Waals surface area contributed by atoms with Crippen molar-refractivity contribution in [3.63, 3.8) is 0 Å². The highest BCUT2D eigenvalue weighted by Crippen LogP contribution is 2.44. The fraction of sp³-hybridized carbons (Fsp3) is 0.125. The van der Waals surface area contributed by atoms with Crippen LogP contribution in [0.25, 0.3) is 11.3 Å². The van der Waals surface area contributed by atoms with Crippen LogP contribution in [-0.2, 0) is 5.75 Å². The van der Waals surface area contributed by atoms with Crippen molar-refractivity contribution in [3.8, 4) is 28.6 Å². The Kier molecular flexibility index (Phi) is 5.16. The minimum atomic E-state index is -0.613. The zero-order chi connectivity index (χ0) is 22.2. The van der Waals surface area contributed by atoms with Crippen LogP contribution < -0.4 is 19.5 Å². The quantitative estimate of drug-likeness (QED) is 0.375. The van der Waals surface area contributed by atoms with E-state index in [0.717, 1.165) is 17.0 Å². The van der Waals surface area contributed by atoms with Crippen molar-refractivity contribution >= 4 is 29.1 Å². The molecular formula is C24H17ClN4O3S. The third-order valence-electron chi connectivity index (χ3n) is 5.32. The second kappa shape index (κ2) is 8.46. The van der Waals surface area contributed by atoms with Crippen LogP contribution >= 0.6 is 23.4 Å². The number of hydrogen-bond acceptors (Lipinski definition) is 8. The predicted molar refractivity (Wildman–Crippen MR) is 126 cm³/mol. The molecule has 7 nitrogen and oxygen atoms in total. The number of rotatable bonds is 4. The van der Waals surface area contributed by atoms with Gasteiger partial charge in [-0.25, -0.2) is 0 Å². The molecule has 3 aromatic carbocycles. The largest absolute Gasteiger partial charge is 0.454 e. The lowest BCUT2D eigenvalue weighted by atomic mass is 10.1. The third kappa shape index (κ3) is 3.92. The van der Waals surface area contributed by atoms with Crippen LogP contribution in [0, 0.1) is 0 Å². The Hall–Kier alpha value is -3.49. The SMILES string of the molecule is Clc1cc2c(cc1[C@H]1Nc3ccccc3-c3nnc(SCc4ccccc4)nc3O1)OCO2. The highest BCUT2D eigenvalue weighted by Gasteiger charge is 2.29. The Balaban J connectivity index is 1.38. The summed E-state index contributed by atoms with van der Waals surface area (Å²) < 4.78 is 17.3. The van der Waals surface area contributed by atoms with Crippen LogP contribution in [0.3, 0.4) is 0 Å². The van der Waals surface area contributed by atoms with E-state index in [2.05, 4.69) is 27.6 Å². The van der Waals surface area contributed by atoms with Gasteiger partial charge in [-0.1, -0.05) is 71.9 Å². The molecule has 0 saturated carbocycles. The second-order valence-corrected chi connectivity index (χ2v) is 8.79. The van der Waals surface area contributed by atoms with Gasteiger partial charge in [-0.05, 0) is 17.7 Å². The number of aromatic nitrogens is 3. The molecule has 6 rings (SSSR count). The molecule has 3 heterocycles. The van der Waals surface area contributed by atoms with E-state index in [1.165, 1.54) is 17.3 Å². The third-order valence-corrected chi connectivity index (χ3v) is 6.55. The van der Waals surface area contributed by atoms with Gasteiger partial charge in [0, 0.05) is 28.6 Å². The minimum Gasteiger partial charge on any atom is -0.454 e. The average molecular weight is 477 g/mol.